The van der Waals surface area contributed by atoms with Crippen molar-refractivity contribution in [3.05, 3.63) is 11.6 Å². The van der Waals surface area contributed by atoms with E-state index < -0.39 is 11.7 Å². The molecule has 4 nitrogen and oxygen atoms in total. The second kappa shape index (κ2) is 7.31. The molecule has 0 bridgehead atoms. The number of hydrogen-bond donors (Lipinski definition) is 0. The summed E-state index contributed by atoms with van der Waals surface area (Å²) in [5.74, 6) is -0.348. The Morgan fingerprint density at radius 1 is 1.37 bits per heavy atom. The molecule has 0 saturated carbocycles. The number of ether oxygens (including phenoxy) is 2. The number of carbonyl (C=O) groups is 2. The summed E-state index contributed by atoms with van der Waals surface area (Å²) in [5, 5.41) is 0. The highest BCUT2D eigenvalue weighted by Gasteiger charge is 2.43. The van der Waals surface area contributed by atoms with Crippen molar-refractivity contribution in [1.82, 2.24) is 0 Å². The Balaban J connectivity index is 2.61. The molecule has 0 aromatic rings. The monoisotopic (exact) mass is 268 g/mol. The van der Waals surface area contributed by atoms with Crippen molar-refractivity contribution in [1.29, 1.82) is 0 Å². The summed E-state index contributed by atoms with van der Waals surface area (Å²) < 4.78 is 10.5. The van der Waals surface area contributed by atoms with E-state index in [9.17, 15) is 9.59 Å². The summed E-state index contributed by atoms with van der Waals surface area (Å²) in [4.78, 5) is 22.1. The summed E-state index contributed by atoms with van der Waals surface area (Å²) in [6.45, 7) is 6.24. The number of cyclic esters (lactones) is 1. The molecule has 0 aliphatic carbocycles. The number of carbonyl (C=O) groups excluding carboxylic acids is 2. The second-order valence-electron chi connectivity index (χ2n) is 5.40. The first kappa shape index (κ1) is 15.7. The van der Waals surface area contributed by atoms with Crippen LogP contribution in [0.4, 0.5) is 0 Å². The van der Waals surface area contributed by atoms with Gasteiger partial charge in [0.15, 0.2) is 11.7 Å². The smallest absolute Gasteiger partial charge is 0.331 e. The van der Waals surface area contributed by atoms with Crippen LogP contribution < -0.4 is 0 Å². The zero-order valence-corrected chi connectivity index (χ0v) is 12.1. The van der Waals surface area contributed by atoms with Gasteiger partial charge in [0.1, 0.15) is 0 Å². The molecule has 1 rings (SSSR count). The summed E-state index contributed by atoms with van der Waals surface area (Å²) in [7, 11) is 0. The molecule has 2 unspecified atom stereocenters. The Hall–Kier alpha value is -1.32. The predicted molar refractivity (Wildman–Crippen MR) is 72.6 cm³/mol. The van der Waals surface area contributed by atoms with Crippen LogP contribution in [0.5, 0.6) is 0 Å². The fourth-order valence-electron chi connectivity index (χ4n) is 2.62. The molecule has 0 fully saturated rings. The topological polar surface area (TPSA) is 52.6 Å². The van der Waals surface area contributed by atoms with E-state index in [1.807, 2.05) is 6.92 Å². The minimum Gasteiger partial charge on any atom is -0.456 e. The average Bonchev–Trinajstić information content (AvgIpc) is 2.33. The van der Waals surface area contributed by atoms with Crippen molar-refractivity contribution < 1.29 is 19.1 Å². The third-order valence-corrected chi connectivity index (χ3v) is 3.62. The Morgan fingerprint density at radius 3 is 2.68 bits per heavy atom. The van der Waals surface area contributed by atoms with Gasteiger partial charge in [0, 0.05) is 6.08 Å². The lowest BCUT2D eigenvalue weighted by Gasteiger charge is -2.38. The predicted octanol–water partition coefficient (Wildman–Crippen LogP) is 3.15. The Bertz CT molecular complexity index is 348. The minimum absolute atomic E-state index is 0.348. The van der Waals surface area contributed by atoms with Gasteiger partial charge in [-0.25, -0.2) is 4.79 Å². The van der Waals surface area contributed by atoms with Crippen molar-refractivity contribution in [3.8, 4) is 0 Å². The highest BCUT2D eigenvalue weighted by atomic mass is 16.6. The molecule has 0 radical (unpaired) electrons. The SMILES string of the molecule is CCCCCCCC1(C)OC(=O)C=C(C)C1OC=O. The molecule has 0 saturated heterocycles. The van der Waals surface area contributed by atoms with E-state index in [1.165, 1.54) is 25.3 Å². The lowest BCUT2D eigenvalue weighted by Crippen LogP contribution is -2.48. The van der Waals surface area contributed by atoms with Gasteiger partial charge in [0.05, 0.1) is 0 Å². The van der Waals surface area contributed by atoms with Crippen LogP contribution in [0, 0.1) is 0 Å². The highest BCUT2D eigenvalue weighted by Crippen LogP contribution is 2.33. The molecule has 0 spiro atoms. The van der Waals surface area contributed by atoms with Crippen molar-refractivity contribution in [3.63, 3.8) is 0 Å². The zero-order valence-electron chi connectivity index (χ0n) is 12.1. The zero-order chi connectivity index (χ0) is 14.3. The molecule has 0 aromatic heterocycles. The highest BCUT2D eigenvalue weighted by molar-refractivity contribution is 5.84. The molecule has 1 aliphatic heterocycles. The number of rotatable bonds is 8. The maximum absolute atomic E-state index is 11.5. The second-order valence-corrected chi connectivity index (χ2v) is 5.40. The molecule has 108 valence electrons. The maximum Gasteiger partial charge on any atom is 0.331 e. The molecule has 2 atom stereocenters. The van der Waals surface area contributed by atoms with Crippen LogP contribution in [-0.2, 0) is 19.1 Å². The fourth-order valence-corrected chi connectivity index (χ4v) is 2.62. The van der Waals surface area contributed by atoms with Gasteiger partial charge in [0.2, 0.25) is 0 Å². The minimum atomic E-state index is -0.733. The third kappa shape index (κ3) is 4.37. The van der Waals surface area contributed by atoms with Crippen molar-refractivity contribution >= 4 is 12.4 Å². The largest absolute Gasteiger partial charge is 0.456 e. The Morgan fingerprint density at radius 2 is 2.05 bits per heavy atom. The van der Waals surface area contributed by atoms with Crippen LogP contribution >= 0.6 is 0 Å². The summed E-state index contributed by atoms with van der Waals surface area (Å²) in [5.41, 5.74) is 0.0164. The van der Waals surface area contributed by atoms with Crippen LogP contribution in [0.3, 0.4) is 0 Å². The lowest BCUT2D eigenvalue weighted by molar-refractivity contribution is -0.174. The van der Waals surface area contributed by atoms with Crippen LogP contribution in [0.15, 0.2) is 11.6 Å². The first-order valence-electron chi connectivity index (χ1n) is 7.03. The third-order valence-electron chi connectivity index (χ3n) is 3.62. The first-order valence-corrected chi connectivity index (χ1v) is 7.03. The van der Waals surface area contributed by atoms with Crippen LogP contribution in [0.2, 0.25) is 0 Å². The maximum atomic E-state index is 11.5. The van der Waals surface area contributed by atoms with E-state index in [2.05, 4.69) is 6.92 Å². The van der Waals surface area contributed by atoms with E-state index in [1.54, 1.807) is 6.92 Å². The van der Waals surface area contributed by atoms with Crippen LogP contribution in [-0.4, -0.2) is 24.1 Å². The van der Waals surface area contributed by atoms with Gasteiger partial charge in [-0.1, -0.05) is 32.6 Å². The molecular formula is C15H24O4. The van der Waals surface area contributed by atoms with Crippen molar-refractivity contribution in [2.24, 2.45) is 0 Å². The van der Waals surface area contributed by atoms with Gasteiger partial charge in [0.25, 0.3) is 6.47 Å². The van der Waals surface area contributed by atoms with Crippen LogP contribution in [0.25, 0.3) is 0 Å². The average molecular weight is 268 g/mol. The van der Waals surface area contributed by atoms with E-state index in [0.717, 1.165) is 18.4 Å². The van der Waals surface area contributed by atoms with E-state index >= 15 is 0 Å². The van der Waals surface area contributed by atoms with Gasteiger partial charge in [-0.2, -0.15) is 0 Å². The summed E-state index contributed by atoms with van der Waals surface area (Å²) >= 11 is 0. The normalized spacial score (nSPS) is 26.6. The van der Waals surface area contributed by atoms with Gasteiger partial charge in [-0.05, 0) is 32.3 Å². The van der Waals surface area contributed by atoms with E-state index in [-0.39, 0.29) is 5.97 Å². The molecular weight excluding hydrogens is 244 g/mol. The Labute approximate surface area is 115 Å². The fraction of sp³-hybridized carbons (Fsp3) is 0.733. The van der Waals surface area contributed by atoms with E-state index in [4.69, 9.17) is 9.47 Å². The summed E-state index contributed by atoms with van der Waals surface area (Å²) in [6.07, 6.45) is 7.34. The van der Waals surface area contributed by atoms with Gasteiger partial charge in [-0.3, -0.25) is 4.79 Å². The lowest BCUT2D eigenvalue weighted by atomic mass is 9.86. The van der Waals surface area contributed by atoms with Crippen LogP contribution in [0.1, 0.15) is 59.3 Å². The number of unbranched alkanes of at least 4 members (excludes halogenated alkanes) is 4. The molecule has 0 aromatic carbocycles. The van der Waals surface area contributed by atoms with Gasteiger partial charge >= 0.3 is 5.97 Å². The molecule has 4 heteroatoms. The van der Waals surface area contributed by atoms with Crippen molar-refractivity contribution in [2.75, 3.05) is 0 Å². The summed E-state index contributed by atoms with van der Waals surface area (Å²) in [6, 6.07) is 0. The molecule has 0 N–H and O–H groups in total. The van der Waals surface area contributed by atoms with Gasteiger partial charge < -0.3 is 9.47 Å². The van der Waals surface area contributed by atoms with Gasteiger partial charge in [-0.15, -0.1) is 0 Å². The molecule has 1 aliphatic rings. The number of hydrogen-bond acceptors (Lipinski definition) is 4. The number of esters is 1. The first-order chi connectivity index (χ1) is 9.03. The quantitative estimate of drug-likeness (QED) is 0.385. The van der Waals surface area contributed by atoms with Crippen molar-refractivity contribution in [2.45, 2.75) is 71.0 Å². The molecule has 0 amide bonds. The molecule has 1 heterocycles. The van der Waals surface area contributed by atoms with E-state index in [0.29, 0.717) is 12.9 Å². The Kier molecular flexibility index (Phi) is 6.06. The molecule has 19 heavy (non-hydrogen) atoms. The standard InChI is InChI=1S/C15H24O4/c1-4-5-6-7-8-9-15(3)14(18-11-16)12(2)10-13(17)19-15/h10-11,14H,4-9H2,1-3H3.